The number of nitrogens with one attached hydrogen (secondary N) is 1. The van der Waals surface area contributed by atoms with E-state index < -0.39 is 0 Å². The third-order valence-electron chi connectivity index (χ3n) is 3.15. The molecule has 4 nitrogen and oxygen atoms in total. The van der Waals surface area contributed by atoms with Gasteiger partial charge in [-0.2, -0.15) is 0 Å². The van der Waals surface area contributed by atoms with Gasteiger partial charge in [0.25, 0.3) is 5.91 Å². The molecule has 1 aromatic rings. The highest BCUT2D eigenvalue weighted by atomic mass is 79.9. The molecule has 1 aromatic heterocycles. The zero-order valence-electron chi connectivity index (χ0n) is 12.0. The largest absolute Gasteiger partial charge is 0.370 e. The second kappa shape index (κ2) is 7.48. The number of amides is 1. The second-order valence-corrected chi connectivity index (χ2v) is 5.34. The van der Waals surface area contributed by atoms with Crippen LogP contribution in [-0.2, 0) is 0 Å². The quantitative estimate of drug-likeness (QED) is 0.869. The van der Waals surface area contributed by atoms with Crippen LogP contribution in [0.2, 0.25) is 0 Å². The second-order valence-electron chi connectivity index (χ2n) is 4.43. The van der Waals surface area contributed by atoms with Gasteiger partial charge in [-0.3, -0.25) is 4.79 Å². The van der Waals surface area contributed by atoms with Crippen LogP contribution in [0.3, 0.4) is 0 Å². The highest BCUT2D eigenvalue weighted by Gasteiger charge is 2.22. The van der Waals surface area contributed by atoms with E-state index >= 15 is 0 Å². The lowest BCUT2D eigenvalue weighted by atomic mass is 10.1. The molecule has 0 aliphatic carbocycles. The van der Waals surface area contributed by atoms with E-state index in [1.54, 1.807) is 6.20 Å². The average Bonchev–Trinajstić information content (AvgIpc) is 2.41. The van der Waals surface area contributed by atoms with Crippen LogP contribution < -0.4 is 5.32 Å². The molecule has 0 aliphatic rings. The Bertz CT molecular complexity index is 437. The number of pyridine rings is 1. The van der Waals surface area contributed by atoms with Gasteiger partial charge < -0.3 is 10.2 Å². The van der Waals surface area contributed by atoms with E-state index in [4.69, 9.17) is 0 Å². The number of anilines is 1. The summed E-state index contributed by atoms with van der Waals surface area (Å²) in [5.74, 6) is 0.680. The Kier molecular flexibility index (Phi) is 6.28. The highest BCUT2D eigenvalue weighted by molar-refractivity contribution is 9.10. The molecule has 0 bridgehead atoms. The molecule has 19 heavy (non-hydrogen) atoms. The molecule has 0 aliphatic heterocycles. The van der Waals surface area contributed by atoms with Gasteiger partial charge in [-0.05, 0) is 49.2 Å². The topological polar surface area (TPSA) is 45.2 Å². The predicted octanol–water partition coefficient (Wildman–Crippen LogP) is 3.54. The molecular weight excluding hydrogens is 306 g/mol. The molecule has 0 radical (unpaired) electrons. The van der Waals surface area contributed by atoms with Gasteiger partial charge in [-0.1, -0.05) is 6.92 Å². The molecule has 5 heteroatoms. The molecule has 1 rings (SSSR count). The minimum Gasteiger partial charge on any atom is -0.370 e. The Labute approximate surface area is 123 Å². The van der Waals surface area contributed by atoms with Crippen LogP contribution in [0.4, 0.5) is 5.82 Å². The van der Waals surface area contributed by atoms with Gasteiger partial charge in [0.1, 0.15) is 5.82 Å². The Balaban J connectivity index is 3.12. The molecule has 0 saturated carbocycles. The van der Waals surface area contributed by atoms with E-state index in [2.05, 4.69) is 40.1 Å². The van der Waals surface area contributed by atoms with Crippen molar-refractivity contribution in [2.75, 3.05) is 18.4 Å². The molecule has 0 saturated heterocycles. The summed E-state index contributed by atoms with van der Waals surface area (Å²) in [4.78, 5) is 18.8. The van der Waals surface area contributed by atoms with Crippen LogP contribution in [-0.4, -0.2) is 34.9 Å². The van der Waals surface area contributed by atoms with Crippen molar-refractivity contribution < 1.29 is 4.79 Å². The Morgan fingerprint density at radius 2 is 2.16 bits per heavy atom. The van der Waals surface area contributed by atoms with E-state index in [1.807, 2.05) is 24.8 Å². The van der Waals surface area contributed by atoms with Crippen LogP contribution in [0.5, 0.6) is 0 Å². The fourth-order valence-electron chi connectivity index (χ4n) is 1.94. The van der Waals surface area contributed by atoms with Gasteiger partial charge >= 0.3 is 0 Å². The number of nitrogens with zero attached hydrogens (tertiary/aromatic N) is 2. The van der Waals surface area contributed by atoms with E-state index in [0.717, 1.165) is 17.4 Å². The molecule has 1 heterocycles. The normalized spacial score (nSPS) is 12.1. The van der Waals surface area contributed by atoms with E-state index in [1.165, 1.54) is 0 Å². The fraction of sp³-hybridized carbons (Fsp3) is 0.571. The number of halogens is 1. The van der Waals surface area contributed by atoms with Crippen molar-refractivity contribution in [3.8, 4) is 0 Å². The van der Waals surface area contributed by atoms with E-state index in [0.29, 0.717) is 17.9 Å². The lowest BCUT2D eigenvalue weighted by molar-refractivity contribution is 0.0700. The first-order chi connectivity index (χ1) is 9.04. The van der Waals surface area contributed by atoms with Crippen LogP contribution in [0.1, 0.15) is 44.5 Å². The van der Waals surface area contributed by atoms with Gasteiger partial charge in [0.05, 0.1) is 5.56 Å². The van der Waals surface area contributed by atoms with Gasteiger partial charge in [0.2, 0.25) is 0 Å². The molecule has 1 unspecified atom stereocenters. The number of hydrogen-bond donors (Lipinski definition) is 1. The number of aromatic nitrogens is 1. The first kappa shape index (κ1) is 16.0. The third kappa shape index (κ3) is 3.93. The zero-order valence-corrected chi connectivity index (χ0v) is 13.6. The summed E-state index contributed by atoms with van der Waals surface area (Å²) in [7, 11) is 0. The van der Waals surface area contributed by atoms with Crippen LogP contribution in [0.25, 0.3) is 0 Å². The van der Waals surface area contributed by atoms with Crippen molar-refractivity contribution in [3.63, 3.8) is 0 Å². The van der Waals surface area contributed by atoms with Crippen molar-refractivity contribution >= 4 is 27.7 Å². The third-order valence-corrected chi connectivity index (χ3v) is 3.59. The smallest absolute Gasteiger partial charge is 0.257 e. The maximum atomic E-state index is 12.6. The maximum Gasteiger partial charge on any atom is 0.257 e. The lowest BCUT2D eigenvalue weighted by Crippen LogP contribution is -2.38. The van der Waals surface area contributed by atoms with Crippen molar-refractivity contribution in [1.29, 1.82) is 0 Å². The number of rotatable bonds is 6. The van der Waals surface area contributed by atoms with Crippen molar-refractivity contribution in [2.24, 2.45) is 0 Å². The number of carbonyl (C=O) groups is 1. The van der Waals surface area contributed by atoms with Crippen LogP contribution >= 0.6 is 15.9 Å². The highest BCUT2D eigenvalue weighted by Crippen LogP contribution is 2.21. The van der Waals surface area contributed by atoms with Crippen molar-refractivity contribution in [3.05, 3.63) is 22.3 Å². The average molecular weight is 328 g/mol. The summed E-state index contributed by atoms with van der Waals surface area (Å²) >= 11 is 3.38. The minimum atomic E-state index is 0.0293. The Morgan fingerprint density at radius 1 is 1.47 bits per heavy atom. The lowest BCUT2D eigenvalue weighted by Gasteiger charge is -2.28. The molecule has 106 valence electrons. The predicted molar refractivity (Wildman–Crippen MR) is 82.6 cm³/mol. The molecular formula is C14H22BrN3O. The standard InChI is InChI=1S/C14H22BrN3O/c1-5-10(4)18(7-3)14(19)12-8-11(15)9-17-13(12)16-6-2/h8-10H,5-7H2,1-4H3,(H,16,17). The summed E-state index contributed by atoms with van der Waals surface area (Å²) in [6.07, 6.45) is 2.64. The summed E-state index contributed by atoms with van der Waals surface area (Å²) in [6.45, 7) is 9.59. The molecule has 1 amide bonds. The molecule has 1 atom stereocenters. The Morgan fingerprint density at radius 3 is 2.68 bits per heavy atom. The molecule has 0 spiro atoms. The SMILES string of the molecule is CCNc1ncc(Br)cc1C(=O)N(CC)C(C)CC. The van der Waals surface area contributed by atoms with Crippen LogP contribution in [0.15, 0.2) is 16.7 Å². The Hall–Kier alpha value is -1.10. The van der Waals surface area contributed by atoms with Gasteiger partial charge in [-0.15, -0.1) is 0 Å². The summed E-state index contributed by atoms with van der Waals surface area (Å²) in [5.41, 5.74) is 0.623. The first-order valence-corrected chi connectivity index (χ1v) is 7.54. The summed E-state index contributed by atoms with van der Waals surface area (Å²) < 4.78 is 0.817. The number of carbonyl (C=O) groups excluding carboxylic acids is 1. The van der Waals surface area contributed by atoms with E-state index in [9.17, 15) is 4.79 Å². The molecule has 1 N–H and O–H groups in total. The van der Waals surface area contributed by atoms with Gasteiger partial charge in [-0.25, -0.2) is 4.98 Å². The summed E-state index contributed by atoms with van der Waals surface area (Å²) in [6, 6.07) is 2.06. The zero-order chi connectivity index (χ0) is 14.4. The van der Waals surface area contributed by atoms with Gasteiger partial charge in [0, 0.05) is 29.8 Å². The number of hydrogen-bond acceptors (Lipinski definition) is 3. The molecule has 0 fully saturated rings. The van der Waals surface area contributed by atoms with Crippen molar-refractivity contribution in [1.82, 2.24) is 9.88 Å². The van der Waals surface area contributed by atoms with E-state index in [-0.39, 0.29) is 11.9 Å². The summed E-state index contributed by atoms with van der Waals surface area (Å²) in [5, 5.41) is 3.14. The maximum absolute atomic E-state index is 12.6. The molecule has 0 aromatic carbocycles. The first-order valence-electron chi connectivity index (χ1n) is 6.75. The van der Waals surface area contributed by atoms with Crippen LogP contribution in [0, 0.1) is 0 Å². The fourth-order valence-corrected chi connectivity index (χ4v) is 2.27. The van der Waals surface area contributed by atoms with Gasteiger partial charge in [0.15, 0.2) is 0 Å². The monoisotopic (exact) mass is 327 g/mol. The van der Waals surface area contributed by atoms with Crippen molar-refractivity contribution in [2.45, 2.75) is 40.2 Å². The minimum absolute atomic E-state index is 0.0293.